The van der Waals surface area contributed by atoms with E-state index in [4.69, 9.17) is 34.5 Å². The molecule has 0 saturated carbocycles. The Hall–Kier alpha value is -4.74. The van der Waals surface area contributed by atoms with Crippen LogP contribution in [0.4, 0.5) is 21.9 Å². The number of rotatable bonds is 11. The van der Waals surface area contributed by atoms with Crippen LogP contribution in [0.25, 0.3) is 0 Å². The summed E-state index contributed by atoms with van der Waals surface area (Å²) in [6.45, 7) is 0.123. The highest BCUT2D eigenvalue weighted by Gasteiger charge is 2.26. The van der Waals surface area contributed by atoms with Gasteiger partial charge in [-0.05, 0) is 48.0 Å². The fraction of sp³-hybridized carbons (Fsp3) is 0.214. The number of carbonyl (C=O) groups excluding carboxylic acids is 2. The molecule has 0 radical (unpaired) electrons. The predicted octanol–water partition coefficient (Wildman–Crippen LogP) is 3.87. The van der Waals surface area contributed by atoms with Gasteiger partial charge in [0.1, 0.15) is 18.5 Å². The van der Waals surface area contributed by atoms with Crippen LogP contribution in [0.15, 0.2) is 78.9 Å². The second-order valence-electron chi connectivity index (χ2n) is 8.30. The van der Waals surface area contributed by atoms with Crippen LogP contribution >= 0.6 is 0 Å². The first-order valence-corrected chi connectivity index (χ1v) is 12.0. The Balaban J connectivity index is 1.51. The third-order valence-corrected chi connectivity index (χ3v) is 5.65. The van der Waals surface area contributed by atoms with Crippen LogP contribution in [0.3, 0.4) is 0 Å². The summed E-state index contributed by atoms with van der Waals surface area (Å²) < 4.78 is 27.4. The average Bonchev–Trinajstić information content (AvgIpc) is 3.41. The van der Waals surface area contributed by atoms with Crippen molar-refractivity contribution in [2.75, 3.05) is 43.5 Å². The quantitative estimate of drug-likeness (QED) is 0.212. The van der Waals surface area contributed by atoms with Gasteiger partial charge in [-0.1, -0.05) is 24.3 Å². The Kier molecular flexibility index (Phi) is 9.22. The molecule has 0 fully saturated rings. The topological polar surface area (TPSA) is 151 Å². The molecule has 3 aromatic rings. The zero-order valence-corrected chi connectivity index (χ0v) is 21.2. The first-order valence-electron chi connectivity index (χ1n) is 12.0. The first kappa shape index (κ1) is 27.3. The zero-order valence-electron chi connectivity index (χ0n) is 21.2. The second-order valence-corrected chi connectivity index (χ2v) is 8.30. The number of fused-ring (bicyclic) bond motifs is 1. The van der Waals surface area contributed by atoms with Crippen molar-refractivity contribution in [3.05, 3.63) is 84.4 Å². The van der Waals surface area contributed by atoms with Crippen molar-refractivity contribution in [3.63, 3.8) is 0 Å². The number of para-hydroxylation sites is 2. The van der Waals surface area contributed by atoms with Crippen LogP contribution < -0.4 is 30.6 Å². The molecule has 0 bridgehead atoms. The van der Waals surface area contributed by atoms with Crippen molar-refractivity contribution in [3.8, 4) is 17.2 Å². The molecular weight excluding hydrogens is 506 g/mol. The number of hydrogen-bond acceptors (Lipinski definition) is 9. The highest BCUT2D eigenvalue weighted by atomic mass is 16.7. The number of nitrogens with two attached hydrogens (primary N) is 1. The lowest BCUT2D eigenvalue weighted by Crippen LogP contribution is -2.27. The average molecular weight is 536 g/mol. The normalized spacial score (nSPS) is 13.5. The third kappa shape index (κ3) is 7.40. The summed E-state index contributed by atoms with van der Waals surface area (Å²) >= 11 is 0. The Morgan fingerprint density at radius 1 is 1.05 bits per heavy atom. The SMILES string of the molecule is CO[C@H](/C=C/C(=O)Nc1ccccc1N)[C@H](OC(=O)Nc1ccc2c(c1)OCO2)c1ccc(OCCO)cc1. The van der Waals surface area contributed by atoms with E-state index in [0.717, 1.165) is 0 Å². The van der Waals surface area contributed by atoms with Crippen molar-refractivity contribution in [1.82, 2.24) is 0 Å². The van der Waals surface area contributed by atoms with E-state index in [0.29, 0.717) is 39.9 Å². The smallest absolute Gasteiger partial charge is 0.412 e. The van der Waals surface area contributed by atoms with E-state index in [2.05, 4.69) is 10.6 Å². The van der Waals surface area contributed by atoms with Crippen LogP contribution in [0.2, 0.25) is 0 Å². The molecule has 0 aromatic heterocycles. The highest BCUT2D eigenvalue weighted by molar-refractivity contribution is 6.01. The fourth-order valence-electron chi connectivity index (χ4n) is 3.75. The van der Waals surface area contributed by atoms with Gasteiger partial charge in [-0.3, -0.25) is 10.1 Å². The Labute approximate surface area is 225 Å². The monoisotopic (exact) mass is 535 g/mol. The summed E-state index contributed by atoms with van der Waals surface area (Å²) in [5.74, 6) is 1.17. The van der Waals surface area contributed by atoms with Gasteiger partial charge in [-0.2, -0.15) is 0 Å². The highest BCUT2D eigenvalue weighted by Crippen LogP contribution is 2.34. The van der Waals surface area contributed by atoms with Gasteiger partial charge >= 0.3 is 6.09 Å². The van der Waals surface area contributed by atoms with E-state index in [-0.39, 0.29) is 20.0 Å². The molecule has 204 valence electrons. The Bertz CT molecular complexity index is 1310. The van der Waals surface area contributed by atoms with E-state index in [1.165, 1.54) is 19.3 Å². The van der Waals surface area contributed by atoms with Gasteiger partial charge in [0.15, 0.2) is 17.6 Å². The summed E-state index contributed by atoms with van der Waals surface area (Å²) in [7, 11) is 1.44. The largest absolute Gasteiger partial charge is 0.491 e. The van der Waals surface area contributed by atoms with Crippen molar-refractivity contribution < 1.29 is 38.4 Å². The molecule has 3 aromatic carbocycles. The first-order chi connectivity index (χ1) is 19.0. The number of hydrogen-bond donors (Lipinski definition) is 4. The van der Waals surface area contributed by atoms with Crippen LogP contribution in [0.5, 0.6) is 17.2 Å². The molecule has 2 atom stereocenters. The van der Waals surface area contributed by atoms with Gasteiger partial charge in [0.25, 0.3) is 0 Å². The van der Waals surface area contributed by atoms with Crippen molar-refractivity contribution in [2.24, 2.45) is 0 Å². The van der Waals surface area contributed by atoms with Crippen LogP contribution in [0, 0.1) is 0 Å². The number of nitrogen functional groups attached to an aromatic ring is 1. The molecule has 5 N–H and O–H groups in total. The molecule has 4 rings (SSSR count). The number of ether oxygens (including phenoxy) is 5. The minimum atomic E-state index is -0.943. The summed E-state index contributed by atoms with van der Waals surface area (Å²) in [6.07, 6.45) is 0.239. The second kappa shape index (κ2) is 13.2. The van der Waals surface area contributed by atoms with Crippen molar-refractivity contribution >= 4 is 29.1 Å². The number of amides is 2. The molecule has 1 heterocycles. The van der Waals surface area contributed by atoms with E-state index < -0.39 is 24.2 Å². The fourth-order valence-corrected chi connectivity index (χ4v) is 3.75. The number of benzene rings is 3. The molecule has 0 unspecified atom stereocenters. The maximum atomic E-state index is 12.9. The van der Waals surface area contributed by atoms with E-state index >= 15 is 0 Å². The number of aliphatic hydroxyl groups is 1. The van der Waals surface area contributed by atoms with E-state index in [9.17, 15) is 9.59 Å². The molecule has 1 aliphatic rings. The molecule has 0 saturated heterocycles. The maximum Gasteiger partial charge on any atom is 0.412 e. The summed E-state index contributed by atoms with van der Waals surface area (Å²) in [4.78, 5) is 25.5. The number of anilines is 3. The number of methoxy groups -OCH3 is 1. The van der Waals surface area contributed by atoms with E-state index in [1.807, 2.05) is 0 Å². The number of nitrogens with one attached hydrogen (secondary N) is 2. The van der Waals surface area contributed by atoms with Crippen LogP contribution in [0.1, 0.15) is 11.7 Å². The molecule has 0 spiro atoms. The van der Waals surface area contributed by atoms with Gasteiger partial charge in [-0.25, -0.2) is 4.79 Å². The van der Waals surface area contributed by atoms with Crippen molar-refractivity contribution in [1.29, 1.82) is 0 Å². The van der Waals surface area contributed by atoms with Gasteiger partial charge in [0, 0.05) is 24.9 Å². The molecule has 39 heavy (non-hydrogen) atoms. The number of carbonyl (C=O) groups is 2. The lowest BCUT2D eigenvalue weighted by molar-refractivity contribution is -0.112. The summed E-state index contributed by atoms with van der Waals surface area (Å²) in [5, 5.41) is 14.4. The lowest BCUT2D eigenvalue weighted by atomic mass is 10.0. The lowest BCUT2D eigenvalue weighted by Gasteiger charge is -2.24. The van der Waals surface area contributed by atoms with Gasteiger partial charge in [0.05, 0.1) is 18.0 Å². The number of aliphatic hydroxyl groups excluding tert-OH is 1. The third-order valence-electron chi connectivity index (χ3n) is 5.65. The minimum absolute atomic E-state index is 0.107. The molecule has 2 amide bonds. The van der Waals surface area contributed by atoms with Gasteiger partial charge in [-0.15, -0.1) is 0 Å². The maximum absolute atomic E-state index is 12.9. The molecule has 1 aliphatic heterocycles. The van der Waals surface area contributed by atoms with Crippen LogP contribution in [-0.4, -0.2) is 50.3 Å². The molecule has 0 aliphatic carbocycles. The summed E-state index contributed by atoms with van der Waals surface area (Å²) in [5.41, 5.74) is 7.82. The predicted molar refractivity (Wildman–Crippen MR) is 144 cm³/mol. The Morgan fingerprint density at radius 2 is 1.82 bits per heavy atom. The van der Waals surface area contributed by atoms with E-state index in [1.54, 1.807) is 66.7 Å². The minimum Gasteiger partial charge on any atom is -0.491 e. The zero-order chi connectivity index (χ0) is 27.6. The summed E-state index contributed by atoms with van der Waals surface area (Å²) in [6, 6.07) is 18.6. The van der Waals surface area contributed by atoms with Crippen LogP contribution in [-0.2, 0) is 14.3 Å². The standard InChI is InChI=1S/C28H29N3O8/c1-35-24(12-13-26(33)31-22-5-3-2-4-21(22)29)27(18-6-9-20(10-7-18)36-15-14-32)39-28(34)30-19-8-11-23-25(16-19)38-17-37-23/h2-13,16,24,27,32H,14-15,17,29H2,1H3,(H,30,34)(H,31,33)/b13-12+/t24-,27-/m1/s1. The molecule has 11 nitrogen and oxygen atoms in total. The molecule has 11 heteroatoms. The Morgan fingerprint density at radius 3 is 2.56 bits per heavy atom. The van der Waals surface area contributed by atoms with Crippen molar-refractivity contribution in [2.45, 2.75) is 12.2 Å². The van der Waals surface area contributed by atoms with Gasteiger partial charge < -0.3 is 39.8 Å². The molecular formula is C28H29N3O8. The van der Waals surface area contributed by atoms with Gasteiger partial charge in [0.2, 0.25) is 12.7 Å².